The summed E-state index contributed by atoms with van der Waals surface area (Å²) in [6, 6.07) is 9.18. The Hall–Kier alpha value is -2.30. The molecular formula is C19H26N2O3. The molecular weight excluding hydrogens is 304 g/mol. The number of aromatic amines is 1. The van der Waals surface area contributed by atoms with Gasteiger partial charge in [-0.2, -0.15) is 0 Å². The molecule has 1 aromatic heterocycles. The van der Waals surface area contributed by atoms with Gasteiger partial charge in [-0.1, -0.05) is 32.0 Å². The third kappa shape index (κ3) is 4.85. The number of hydrogen-bond acceptors (Lipinski definition) is 3. The van der Waals surface area contributed by atoms with Crippen LogP contribution >= 0.6 is 0 Å². The minimum Gasteiger partial charge on any atom is -0.458 e. The monoisotopic (exact) mass is 330 g/mol. The Morgan fingerprint density at radius 2 is 1.88 bits per heavy atom. The first-order valence-corrected chi connectivity index (χ1v) is 8.25. The number of benzene rings is 1. The molecule has 1 aromatic carbocycles. The first kappa shape index (κ1) is 18.0. The van der Waals surface area contributed by atoms with E-state index in [0.29, 0.717) is 6.42 Å². The summed E-state index contributed by atoms with van der Waals surface area (Å²) in [5.41, 5.74) is 1.29. The maximum absolute atomic E-state index is 12.5. The lowest BCUT2D eigenvalue weighted by atomic mass is 10.1. The van der Waals surface area contributed by atoms with Gasteiger partial charge in [-0.05, 0) is 38.3 Å². The van der Waals surface area contributed by atoms with Gasteiger partial charge in [0.1, 0.15) is 11.6 Å². The molecule has 0 saturated carbocycles. The van der Waals surface area contributed by atoms with E-state index >= 15 is 0 Å². The van der Waals surface area contributed by atoms with Crippen molar-refractivity contribution in [3.05, 3.63) is 36.0 Å². The molecule has 2 N–H and O–H groups in total. The Morgan fingerprint density at radius 1 is 1.21 bits per heavy atom. The first-order chi connectivity index (χ1) is 11.2. The van der Waals surface area contributed by atoms with Crippen LogP contribution in [0.15, 0.2) is 30.3 Å². The van der Waals surface area contributed by atoms with Crippen LogP contribution < -0.4 is 5.32 Å². The minimum atomic E-state index is -0.716. The molecule has 2 rings (SSSR count). The number of nitrogens with one attached hydrogen (secondary N) is 2. The molecule has 0 aliphatic rings. The van der Waals surface area contributed by atoms with Gasteiger partial charge < -0.3 is 15.0 Å². The number of rotatable bonds is 5. The van der Waals surface area contributed by atoms with Crippen molar-refractivity contribution in [2.24, 2.45) is 5.92 Å². The average Bonchev–Trinajstić information content (AvgIpc) is 2.86. The summed E-state index contributed by atoms with van der Waals surface area (Å²) in [5, 5.41) is 3.87. The van der Waals surface area contributed by atoms with E-state index in [9.17, 15) is 9.59 Å². The lowest BCUT2D eigenvalue weighted by Gasteiger charge is -2.25. The second kappa shape index (κ2) is 7.07. The molecule has 0 fully saturated rings. The number of carbonyl (C=O) groups is 2. The SMILES string of the molecule is CC(C)C(=O)NC(Cc1cc2ccccc2[nH]1)C(=O)OC(C)(C)C. The number of para-hydroxylation sites is 1. The van der Waals surface area contributed by atoms with Gasteiger partial charge >= 0.3 is 5.97 Å². The van der Waals surface area contributed by atoms with E-state index in [1.54, 1.807) is 13.8 Å². The topological polar surface area (TPSA) is 71.2 Å². The van der Waals surface area contributed by atoms with Gasteiger partial charge in [-0.3, -0.25) is 4.79 Å². The van der Waals surface area contributed by atoms with Crippen molar-refractivity contribution in [2.45, 2.75) is 52.7 Å². The number of aromatic nitrogens is 1. The highest BCUT2D eigenvalue weighted by Gasteiger charge is 2.28. The van der Waals surface area contributed by atoms with Gasteiger partial charge in [0.05, 0.1) is 0 Å². The number of hydrogen-bond donors (Lipinski definition) is 2. The van der Waals surface area contributed by atoms with Crippen LogP contribution in [0.3, 0.4) is 0 Å². The Balaban J connectivity index is 2.20. The second-order valence-electron chi connectivity index (χ2n) is 7.34. The molecule has 0 aliphatic carbocycles. The Labute approximate surface area is 142 Å². The third-order valence-corrected chi connectivity index (χ3v) is 3.54. The molecule has 5 heteroatoms. The molecule has 130 valence electrons. The van der Waals surface area contributed by atoms with Gasteiger partial charge in [0.2, 0.25) is 5.91 Å². The summed E-state index contributed by atoms with van der Waals surface area (Å²) in [7, 11) is 0. The second-order valence-corrected chi connectivity index (χ2v) is 7.34. The minimum absolute atomic E-state index is 0.165. The van der Waals surface area contributed by atoms with Crippen LogP contribution in [0.1, 0.15) is 40.3 Å². The predicted molar refractivity (Wildman–Crippen MR) is 94.6 cm³/mol. The smallest absolute Gasteiger partial charge is 0.329 e. The first-order valence-electron chi connectivity index (χ1n) is 8.25. The Morgan fingerprint density at radius 3 is 2.46 bits per heavy atom. The molecule has 1 heterocycles. The molecule has 1 amide bonds. The zero-order chi connectivity index (χ0) is 17.9. The van der Waals surface area contributed by atoms with Crippen LogP contribution in [-0.4, -0.2) is 28.5 Å². The fourth-order valence-electron chi connectivity index (χ4n) is 2.37. The largest absolute Gasteiger partial charge is 0.458 e. The number of carbonyl (C=O) groups excluding carboxylic acids is 2. The molecule has 24 heavy (non-hydrogen) atoms. The zero-order valence-corrected chi connectivity index (χ0v) is 15.0. The molecule has 0 saturated heterocycles. The Bertz CT molecular complexity index is 693. The Kier molecular flexibility index (Phi) is 5.32. The highest BCUT2D eigenvalue weighted by molar-refractivity contribution is 5.86. The number of H-pyrrole nitrogens is 1. The summed E-state index contributed by atoms with van der Waals surface area (Å²) in [5.74, 6) is -0.783. The van der Waals surface area contributed by atoms with Crippen LogP contribution in [0.4, 0.5) is 0 Å². The van der Waals surface area contributed by atoms with E-state index in [1.165, 1.54) is 0 Å². The summed E-state index contributed by atoms with van der Waals surface area (Å²) in [6.45, 7) is 9.04. The molecule has 1 unspecified atom stereocenters. The third-order valence-electron chi connectivity index (χ3n) is 3.54. The molecule has 0 spiro atoms. The van der Waals surface area contributed by atoms with E-state index < -0.39 is 17.6 Å². The van der Waals surface area contributed by atoms with Gasteiger partial charge in [0.15, 0.2) is 0 Å². The summed E-state index contributed by atoms with van der Waals surface area (Å²) in [4.78, 5) is 27.8. The lowest BCUT2D eigenvalue weighted by Crippen LogP contribution is -2.46. The molecule has 0 radical (unpaired) electrons. The van der Waals surface area contributed by atoms with Crippen LogP contribution in [0.25, 0.3) is 10.9 Å². The van der Waals surface area contributed by atoms with Crippen molar-refractivity contribution in [3.8, 4) is 0 Å². The quantitative estimate of drug-likeness (QED) is 0.827. The lowest BCUT2D eigenvalue weighted by molar-refractivity contribution is -0.158. The van der Waals surface area contributed by atoms with Crippen LogP contribution in [-0.2, 0) is 20.7 Å². The van der Waals surface area contributed by atoms with Crippen LogP contribution in [0.5, 0.6) is 0 Å². The molecule has 0 bridgehead atoms. The highest BCUT2D eigenvalue weighted by atomic mass is 16.6. The number of ether oxygens (including phenoxy) is 1. The molecule has 0 aliphatic heterocycles. The van der Waals surface area contributed by atoms with Crippen molar-refractivity contribution < 1.29 is 14.3 Å². The van der Waals surface area contributed by atoms with E-state index in [-0.39, 0.29) is 11.8 Å². The summed E-state index contributed by atoms with van der Waals surface area (Å²) in [6.07, 6.45) is 0.363. The van der Waals surface area contributed by atoms with Gasteiger partial charge in [-0.25, -0.2) is 4.79 Å². The fraction of sp³-hybridized carbons (Fsp3) is 0.474. The van der Waals surface area contributed by atoms with Gasteiger partial charge in [0.25, 0.3) is 0 Å². The average molecular weight is 330 g/mol. The van der Waals surface area contributed by atoms with E-state index in [4.69, 9.17) is 4.74 Å². The predicted octanol–water partition coefficient (Wildman–Crippen LogP) is 3.19. The van der Waals surface area contributed by atoms with E-state index in [0.717, 1.165) is 16.6 Å². The number of esters is 1. The molecule has 1 atom stereocenters. The van der Waals surface area contributed by atoms with Crippen molar-refractivity contribution in [1.29, 1.82) is 0 Å². The number of fused-ring (bicyclic) bond motifs is 1. The summed E-state index contributed by atoms with van der Waals surface area (Å²) >= 11 is 0. The fourth-order valence-corrected chi connectivity index (χ4v) is 2.37. The standard InChI is InChI=1S/C19H26N2O3/c1-12(2)17(22)21-16(18(23)24-19(3,4)5)11-14-10-13-8-6-7-9-15(13)20-14/h6-10,12,16,20H,11H2,1-5H3,(H,21,22). The van der Waals surface area contributed by atoms with Crippen molar-refractivity contribution in [3.63, 3.8) is 0 Å². The van der Waals surface area contributed by atoms with Crippen LogP contribution in [0, 0.1) is 5.92 Å². The normalized spacial score (nSPS) is 13.1. The molecule has 5 nitrogen and oxygen atoms in total. The summed E-state index contributed by atoms with van der Waals surface area (Å²) < 4.78 is 5.46. The maximum Gasteiger partial charge on any atom is 0.329 e. The zero-order valence-electron chi connectivity index (χ0n) is 15.0. The van der Waals surface area contributed by atoms with Crippen molar-refractivity contribution in [2.75, 3.05) is 0 Å². The van der Waals surface area contributed by atoms with Gasteiger partial charge in [0, 0.05) is 23.5 Å². The van der Waals surface area contributed by atoms with E-state index in [1.807, 2.05) is 51.1 Å². The van der Waals surface area contributed by atoms with Crippen molar-refractivity contribution in [1.82, 2.24) is 10.3 Å². The molecule has 2 aromatic rings. The maximum atomic E-state index is 12.5. The number of amides is 1. The van der Waals surface area contributed by atoms with E-state index in [2.05, 4.69) is 10.3 Å². The highest BCUT2D eigenvalue weighted by Crippen LogP contribution is 2.17. The van der Waals surface area contributed by atoms with Crippen molar-refractivity contribution >= 4 is 22.8 Å². The van der Waals surface area contributed by atoms with Crippen LogP contribution in [0.2, 0.25) is 0 Å². The van der Waals surface area contributed by atoms with Gasteiger partial charge in [-0.15, -0.1) is 0 Å².